The molecule has 0 fully saturated rings. The van der Waals surface area contributed by atoms with Crippen molar-refractivity contribution in [2.24, 2.45) is 0 Å². The van der Waals surface area contributed by atoms with Gasteiger partial charge >= 0.3 is 0 Å². The summed E-state index contributed by atoms with van der Waals surface area (Å²) in [5.41, 5.74) is 3.49. The summed E-state index contributed by atoms with van der Waals surface area (Å²) in [6.45, 7) is 2.84. The minimum absolute atomic E-state index is 0.656. The fraction of sp³-hybridized carbons (Fsp3) is 0.294. The fourth-order valence-corrected chi connectivity index (χ4v) is 2.50. The molecule has 2 aromatic rings. The van der Waals surface area contributed by atoms with Gasteiger partial charge in [-0.3, -0.25) is 0 Å². The van der Waals surface area contributed by atoms with Gasteiger partial charge in [-0.15, -0.1) is 0 Å². The summed E-state index contributed by atoms with van der Waals surface area (Å²) in [5, 5.41) is 4.19. The Morgan fingerprint density at radius 1 is 1.10 bits per heavy atom. The number of methoxy groups -OCH3 is 1. The Kier molecular flexibility index (Phi) is 5.31. The van der Waals surface area contributed by atoms with E-state index >= 15 is 0 Å². The van der Waals surface area contributed by atoms with Crippen molar-refractivity contribution in [3.63, 3.8) is 0 Å². The van der Waals surface area contributed by atoms with Gasteiger partial charge in [0.1, 0.15) is 5.75 Å². The number of anilines is 1. The third-order valence-corrected chi connectivity index (χ3v) is 3.64. The van der Waals surface area contributed by atoms with Gasteiger partial charge in [0.05, 0.1) is 7.11 Å². The third-order valence-electron chi connectivity index (χ3n) is 3.29. The number of rotatable bonds is 6. The molecule has 0 atom stereocenters. The Morgan fingerprint density at radius 3 is 2.65 bits per heavy atom. The lowest BCUT2D eigenvalue weighted by Gasteiger charge is -2.14. The highest BCUT2D eigenvalue weighted by Gasteiger charge is 2.08. The Hall–Kier alpha value is -1.67. The largest absolute Gasteiger partial charge is 0.496 e. The van der Waals surface area contributed by atoms with Crippen LogP contribution in [0.15, 0.2) is 42.5 Å². The van der Waals surface area contributed by atoms with Gasteiger partial charge in [-0.1, -0.05) is 49.2 Å². The average Bonchev–Trinajstić information content (AvgIpc) is 2.47. The maximum Gasteiger partial charge on any atom is 0.125 e. The van der Waals surface area contributed by atoms with Crippen molar-refractivity contribution in [2.45, 2.75) is 26.3 Å². The molecule has 0 bridgehead atoms. The lowest BCUT2D eigenvalue weighted by molar-refractivity contribution is 0.410. The van der Waals surface area contributed by atoms with Gasteiger partial charge in [0.2, 0.25) is 0 Å². The molecule has 0 spiro atoms. The van der Waals surface area contributed by atoms with E-state index in [0.29, 0.717) is 6.54 Å². The molecule has 2 rings (SSSR count). The van der Waals surface area contributed by atoms with Gasteiger partial charge in [0.25, 0.3) is 0 Å². The number of aryl methyl sites for hydroxylation is 1. The molecule has 1 N–H and O–H groups in total. The summed E-state index contributed by atoms with van der Waals surface area (Å²) in [6, 6.07) is 14.1. The molecule has 0 unspecified atom stereocenters. The van der Waals surface area contributed by atoms with Gasteiger partial charge in [-0.05, 0) is 30.2 Å². The van der Waals surface area contributed by atoms with Crippen LogP contribution in [0.2, 0.25) is 5.02 Å². The Labute approximate surface area is 125 Å². The number of nitrogens with one attached hydrogen (secondary N) is 1. The highest BCUT2D eigenvalue weighted by Crippen LogP contribution is 2.27. The molecule has 3 heteroatoms. The van der Waals surface area contributed by atoms with E-state index in [2.05, 4.69) is 30.4 Å². The molecule has 2 nitrogen and oxygen atoms in total. The predicted octanol–water partition coefficient (Wildman–Crippen LogP) is 4.91. The van der Waals surface area contributed by atoms with Gasteiger partial charge < -0.3 is 10.1 Å². The first-order valence-electron chi connectivity index (χ1n) is 6.89. The first kappa shape index (κ1) is 14.7. The quantitative estimate of drug-likeness (QED) is 0.815. The second-order valence-corrected chi connectivity index (χ2v) is 5.09. The molecule has 20 heavy (non-hydrogen) atoms. The summed E-state index contributed by atoms with van der Waals surface area (Å²) >= 11 is 6.26. The second kappa shape index (κ2) is 7.20. The molecule has 0 saturated carbocycles. The molecule has 0 radical (unpaired) electrons. The van der Waals surface area contributed by atoms with E-state index < -0.39 is 0 Å². The Bertz CT molecular complexity index is 569. The van der Waals surface area contributed by atoms with Crippen molar-refractivity contribution in [3.8, 4) is 5.75 Å². The minimum atomic E-state index is 0.656. The van der Waals surface area contributed by atoms with Gasteiger partial charge in [-0.2, -0.15) is 0 Å². The minimum Gasteiger partial charge on any atom is -0.496 e. The highest BCUT2D eigenvalue weighted by atomic mass is 35.5. The summed E-state index contributed by atoms with van der Waals surface area (Å²) in [5.74, 6) is 0.818. The number of ether oxygens (including phenoxy) is 1. The van der Waals surface area contributed by atoms with Crippen LogP contribution >= 0.6 is 11.6 Å². The zero-order valence-electron chi connectivity index (χ0n) is 11.9. The van der Waals surface area contributed by atoms with Crippen LogP contribution in [0.4, 0.5) is 5.69 Å². The van der Waals surface area contributed by atoms with Crippen LogP contribution in [-0.4, -0.2) is 7.11 Å². The monoisotopic (exact) mass is 289 g/mol. The second-order valence-electron chi connectivity index (χ2n) is 4.68. The van der Waals surface area contributed by atoms with E-state index in [-0.39, 0.29) is 0 Å². The van der Waals surface area contributed by atoms with Gasteiger partial charge in [-0.25, -0.2) is 0 Å². The summed E-state index contributed by atoms with van der Waals surface area (Å²) in [6.07, 6.45) is 2.21. The highest BCUT2D eigenvalue weighted by molar-refractivity contribution is 6.31. The number of hydrogen-bond acceptors (Lipinski definition) is 2. The van der Waals surface area contributed by atoms with Crippen LogP contribution < -0.4 is 10.1 Å². The molecular weight excluding hydrogens is 270 g/mol. The summed E-state index contributed by atoms with van der Waals surface area (Å²) in [4.78, 5) is 0. The predicted molar refractivity (Wildman–Crippen MR) is 85.8 cm³/mol. The van der Waals surface area contributed by atoms with E-state index in [1.807, 2.05) is 24.3 Å². The van der Waals surface area contributed by atoms with E-state index in [0.717, 1.165) is 34.9 Å². The maximum absolute atomic E-state index is 6.26. The SMILES string of the molecule is CCCc1ccccc1NCc1c(Cl)cccc1OC. The smallest absolute Gasteiger partial charge is 0.125 e. The van der Waals surface area contributed by atoms with E-state index in [1.54, 1.807) is 7.11 Å². The molecule has 0 heterocycles. The number of halogens is 1. The molecule has 0 saturated heterocycles. The van der Waals surface area contributed by atoms with Crippen molar-refractivity contribution >= 4 is 17.3 Å². The molecule has 0 aliphatic carbocycles. The van der Waals surface area contributed by atoms with Crippen molar-refractivity contribution in [1.82, 2.24) is 0 Å². The lowest BCUT2D eigenvalue weighted by Crippen LogP contribution is -2.04. The molecule has 2 aromatic carbocycles. The van der Waals surface area contributed by atoms with E-state index in [9.17, 15) is 0 Å². The van der Waals surface area contributed by atoms with Crippen molar-refractivity contribution in [2.75, 3.05) is 12.4 Å². The zero-order chi connectivity index (χ0) is 14.4. The lowest BCUT2D eigenvalue weighted by atomic mass is 10.1. The van der Waals surface area contributed by atoms with Crippen LogP contribution in [0, 0.1) is 0 Å². The fourth-order valence-electron chi connectivity index (χ4n) is 2.27. The first-order chi connectivity index (χ1) is 9.76. The summed E-state index contributed by atoms with van der Waals surface area (Å²) in [7, 11) is 1.67. The van der Waals surface area contributed by atoms with Crippen LogP contribution in [0.5, 0.6) is 5.75 Å². The topological polar surface area (TPSA) is 21.3 Å². The normalized spacial score (nSPS) is 10.3. The molecular formula is C17H20ClNO. The van der Waals surface area contributed by atoms with Crippen molar-refractivity contribution in [3.05, 3.63) is 58.6 Å². The Balaban J connectivity index is 2.17. The standard InChI is InChI=1S/C17H20ClNO/c1-3-7-13-8-4-5-10-16(13)19-12-14-15(18)9-6-11-17(14)20-2/h4-6,8-11,19H,3,7,12H2,1-2H3. The third kappa shape index (κ3) is 3.45. The van der Waals surface area contributed by atoms with Gasteiger partial charge in [0.15, 0.2) is 0 Å². The number of para-hydroxylation sites is 1. The van der Waals surface area contributed by atoms with Gasteiger partial charge in [0, 0.05) is 22.8 Å². The maximum atomic E-state index is 6.26. The molecule has 0 aliphatic heterocycles. The van der Waals surface area contributed by atoms with Crippen LogP contribution in [-0.2, 0) is 13.0 Å². The van der Waals surface area contributed by atoms with Crippen LogP contribution in [0.25, 0.3) is 0 Å². The Morgan fingerprint density at radius 2 is 1.90 bits per heavy atom. The number of hydrogen-bond donors (Lipinski definition) is 1. The van der Waals surface area contributed by atoms with Crippen LogP contribution in [0.3, 0.4) is 0 Å². The first-order valence-corrected chi connectivity index (χ1v) is 7.27. The molecule has 0 aromatic heterocycles. The zero-order valence-corrected chi connectivity index (χ0v) is 12.7. The van der Waals surface area contributed by atoms with E-state index in [4.69, 9.17) is 16.3 Å². The molecule has 106 valence electrons. The van der Waals surface area contributed by atoms with Crippen LogP contribution in [0.1, 0.15) is 24.5 Å². The number of benzene rings is 2. The van der Waals surface area contributed by atoms with E-state index in [1.165, 1.54) is 5.56 Å². The van der Waals surface area contributed by atoms with Crippen molar-refractivity contribution < 1.29 is 4.74 Å². The average molecular weight is 290 g/mol. The molecule has 0 aliphatic rings. The molecule has 0 amide bonds. The van der Waals surface area contributed by atoms with Crippen molar-refractivity contribution in [1.29, 1.82) is 0 Å². The summed E-state index contributed by atoms with van der Waals surface area (Å²) < 4.78 is 5.37.